The van der Waals surface area contributed by atoms with Gasteiger partial charge in [0.05, 0.1) is 17.7 Å². The molecule has 2 rings (SSSR count). The number of hydrogen-bond donors (Lipinski definition) is 1. The second-order valence-electron chi connectivity index (χ2n) is 4.46. The van der Waals surface area contributed by atoms with Crippen molar-refractivity contribution in [3.63, 3.8) is 0 Å². The summed E-state index contributed by atoms with van der Waals surface area (Å²) >= 11 is 3.34. The SMILES string of the molecule is CCCNc1nnc(CN(C)Cc2scnc2C)s1. The van der Waals surface area contributed by atoms with Crippen LogP contribution in [0.3, 0.4) is 0 Å². The van der Waals surface area contributed by atoms with Crippen molar-refractivity contribution in [1.82, 2.24) is 20.1 Å². The first-order valence-electron chi connectivity index (χ1n) is 6.32. The Hall–Kier alpha value is -1.05. The number of anilines is 1. The van der Waals surface area contributed by atoms with Crippen molar-refractivity contribution in [1.29, 1.82) is 0 Å². The monoisotopic (exact) mass is 297 g/mol. The summed E-state index contributed by atoms with van der Waals surface area (Å²) in [5, 5.41) is 13.6. The van der Waals surface area contributed by atoms with Crippen LogP contribution in [0.15, 0.2) is 5.51 Å². The molecule has 0 spiro atoms. The number of nitrogens with zero attached hydrogens (tertiary/aromatic N) is 4. The molecule has 0 radical (unpaired) electrons. The van der Waals surface area contributed by atoms with Gasteiger partial charge in [0.25, 0.3) is 0 Å². The molecule has 0 saturated carbocycles. The molecule has 2 aromatic rings. The third-order valence-corrected chi connectivity index (χ3v) is 4.44. The van der Waals surface area contributed by atoms with E-state index in [-0.39, 0.29) is 0 Å². The molecular formula is C12H19N5S2. The van der Waals surface area contributed by atoms with Gasteiger partial charge in [-0.3, -0.25) is 4.90 Å². The first kappa shape index (κ1) is 14.4. The van der Waals surface area contributed by atoms with E-state index in [4.69, 9.17) is 0 Å². The molecule has 0 fully saturated rings. The number of aromatic nitrogens is 3. The molecular weight excluding hydrogens is 278 g/mol. The van der Waals surface area contributed by atoms with Crippen molar-refractivity contribution in [2.45, 2.75) is 33.4 Å². The molecule has 104 valence electrons. The Balaban J connectivity index is 1.86. The minimum absolute atomic E-state index is 0.822. The molecule has 0 atom stereocenters. The molecule has 0 amide bonds. The molecule has 0 aliphatic heterocycles. The van der Waals surface area contributed by atoms with Crippen molar-refractivity contribution in [3.8, 4) is 0 Å². The molecule has 0 unspecified atom stereocenters. The summed E-state index contributed by atoms with van der Waals surface area (Å²) in [5.41, 5.74) is 3.02. The van der Waals surface area contributed by atoms with Crippen molar-refractivity contribution < 1.29 is 0 Å². The van der Waals surface area contributed by atoms with Crippen molar-refractivity contribution in [3.05, 3.63) is 21.1 Å². The van der Waals surface area contributed by atoms with Crippen LogP contribution in [0.5, 0.6) is 0 Å². The summed E-state index contributed by atoms with van der Waals surface area (Å²) in [6, 6.07) is 0. The fraction of sp³-hybridized carbons (Fsp3) is 0.583. The highest BCUT2D eigenvalue weighted by molar-refractivity contribution is 7.15. The molecule has 2 aromatic heterocycles. The average Bonchev–Trinajstić information content (AvgIpc) is 2.97. The van der Waals surface area contributed by atoms with E-state index >= 15 is 0 Å². The standard InChI is InChI=1S/C12H19N5S2/c1-4-5-13-12-16-15-11(19-12)7-17(3)6-10-9(2)14-8-18-10/h8H,4-7H2,1-3H3,(H,13,16). The van der Waals surface area contributed by atoms with Gasteiger partial charge in [-0.2, -0.15) is 0 Å². The fourth-order valence-corrected chi connectivity index (χ4v) is 3.33. The predicted octanol–water partition coefficient (Wildman–Crippen LogP) is 2.76. The zero-order valence-electron chi connectivity index (χ0n) is 11.5. The van der Waals surface area contributed by atoms with Crippen LogP contribution in [0.1, 0.15) is 28.9 Å². The molecule has 0 bridgehead atoms. The highest BCUT2D eigenvalue weighted by Gasteiger charge is 2.09. The van der Waals surface area contributed by atoms with E-state index in [0.717, 1.165) is 41.9 Å². The lowest BCUT2D eigenvalue weighted by atomic mass is 10.4. The van der Waals surface area contributed by atoms with E-state index < -0.39 is 0 Å². The van der Waals surface area contributed by atoms with E-state index in [0.29, 0.717) is 0 Å². The molecule has 0 aliphatic carbocycles. The molecule has 2 heterocycles. The van der Waals surface area contributed by atoms with Crippen molar-refractivity contribution in [2.75, 3.05) is 18.9 Å². The van der Waals surface area contributed by atoms with Crippen LogP contribution in [0.2, 0.25) is 0 Å². The van der Waals surface area contributed by atoms with Gasteiger partial charge >= 0.3 is 0 Å². The maximum absolute atomic E-state index is 4.27. The molecule has 0 saturated heterocycles. The van der Waals surface area contributed by atoms with Crippen LogP contribution in [0.4, 0.5) is 5.13 Å². The van der Waals surface area contributed by atoms with Gasteiger partial charge in [-0.25, -0.2) is 4.98 Å². The van der Waals surface area contributed by atoms with Gasteiger partial charge < -0.3 is 5.32 Å². The largest absolute Gasteiger partial charge is 0.360 e. The Kier molecular flexibility index (Phi) is 5.24. The highest BCUT2D eigenvalue weighted by Crippen LogP contribution is 2.19. The van der Waals surface area contributed by atoms with E-state index in [9.17, 15) is 0 Å². The molecule has 0 aliphatic rings. The Morgan fingerprint density at radius 2 is 2.16 bits per heavy atom. The van der Waals surface area contributed by atoms with Crippen LogP contribution in [0, 0.1) is 6.92 Å². The lowest BCUT2D eigenvalue weighted by Gasteiger charge is -2.13. The second-order valence-corrected chi connectivity index (χ2v) is 6.46. The summed E-state index contributed by atoms with van der Waals surface area (Å²) in [4.78, 5) is 7.83. The predicted molar refractivity (Wildman–Crippen MR) is 80.7 cm³/mol. The summed E-state index contributed by atoms with van der Waals surface area (Å²) in [6.45, 7) is 6.87. The Morgan fingerprint density at radius 3 is 2.84 bits per heavy atom. The summed E-state index contributed by atoms with van der Waals surface area (Å²) in [6.07, 6.45) is 1.10. The van der Waals surface area contributed by atoms with Gasteiger partial charge in [-0.15, -0.1) is 21.5 Å². The Bertz CT molecular complexity index is 508. The van der Waals surface area contributed by atoms with Gasteiger partial charge in [0.1, 0.15) is 5.01 Å². The second kappa shape index (κ2) is 6.93. The van der Waals surface area contributed by atoms with Crippen LogP contribution in [-0.2, 0) is 13.1 Å². The molecule has 19 heavy (non-hydrogen) atoms. The number of hydrogen-bond acceptors (Lipinski definition) is 7. The lowest BCUT2D eigenvalue weighted by Crippen LogP contribution is -2.16. The topological polar surface area (TPSA) is 53.9 Å². The molecule has 7 heteroatoms. The Morgan fingerprint density at radius 1 is 1.32 bits per heavy atom. The third kappa shape index (κ3) is 4.22. The van der Waals surface area contributed by atoms with Gasteiger partial charge in [0.15, 0.2) is 0 Å². The van der Waals surface area contributed by atoms with Gasteiger partial charge in [-0.1, -0.05) is 18.3 Å². The molecule has 0 aromatic carbocycles. The van der Waals surface area contributed by atoms with Gasteiger partial charge in [0.2, 0.25) is 5.13 Å². The maximum atomic E-state index is 4.27. The van der Waals surface area contributed by atoms with Gasteiger partial charge in [0, 0.05) is 18.0 Å². The van der Waals surface area contributed by atoms with Crippen LogP contribution >= 0.6 is 22.7 Å². The first-order chi connectivity index (χ1) is 9.19. The lowest BCUT2D eigenvalue weighted by molar-refractivity contribution is 0.319. The fourth-order valence-electron chi connectivity index (χ4n) is 1.63. The summed E-state index contributed by atoms with van der Waals surface area (Å²) in [5.74, 6) is 0. The maximum Gasteiger partial charge on any atom is 0.205 e. The average molecular weight is 297 g/mol. The van der Waals surface area contributed by atoms with Gasteiger partial charge in [-0.05, 0) is 20.4 Å². The number of nitrogens with one attached hydrogen (secondary N) is 1. The summed E-state index contributed by atoms with van der Waals surface area (Å²) < 4.78 is 0. The van der Waals surface area contributed by atoms with E-state index in [1.807, 2.05) is 5.51 Å². The van der Waals surface area contributed by atoms with E-state index in [1.165, 1.54) is 4.88 Å². The number of thiazole rings is 1. The van der Waals surface area contributed by atoms with Crippen molar-refractivity contribution >= 4 is 27.8 Å². The third-order valence-electron chi connectivity index (χ3n) is 2.66. The number of aryl methyl sites for hydroxylation is 1. The molecule has 1 N–H and O–H groups in total. The van der Waals surface area contributed by atoms with Crippen LogP contribution < -0.4 is 5.32 Å². The van der Waals surface area contributed by atoms with Crippen LogP contribution in [-0.4, -0.2) is 33.7 Å². The minimum Gasteiger partial charge on any atom is -0.360 e. The quantitative estimate of drug-likeness (QED) is 0.851. The summed E-state index contributed by atoms with van der Waals surface area (Å²) in [7, 11) is 2.10. The van der Waals surface area contributed by atoms with E-state index in [2.05, 4.69) is 46.3 Å². The molecule has 5 nitrogen and oxygen atoms in total. The highest BCUT2D eigenvalue weighted by atomic mass is 32.1. The number of rotatable bonds is 7. The normalized spacial score (nSPS) is 11.2. The van der Waals surface area contributed by atoms with Crippen LogP contribution in [0.25, 0.3) is 0 Å². The zero-order valence-corrected chi connectivity index (χ0v) is 13.1. The van der Waals surface area contributed by atoms with E-state index in [1.54, 1.807) is 22.7 Å². The Labute approximate surface area is 121 Å². The zero-order chi connectivity index (χ0) is 13.7. The van der Waals surface area contributed by atoms with Crippen molar-refractivity contribution in [2.24, 2.45) is 0 Å². The first-order valence-corrected chi connectivity index (χ1v) is 8.02. The minimum atomic E-state index is 0.822. The smallest absolute Gasteiger partial charge is 0.205 e.